The fourth-order valence-electron chi connectivity index (χ4n) is 2.36. The zero-order valence-corrected chi connectivity index (χ0v) is 13.0. The van der Waals surface area contributed by atoms with Crippen LogP contribution in [0.15, 0.2) is 48.5 Å². The Morgan fingerprint density at radius 1 is 1.00 bits per heavy atom. The van der Waals surface area contributed by atoms with E-state index in [9.17, 15) is 0 Å². The third kappa shape index (κ3) is 4.09. The lowest BCUT2D eigenvalue weighted by Gasteiger charge is -2.18. The fourth-order valence-corrected chi connectivity index (χ4v) is 2.55. The number of nitrogens with one attached hydrogen (secondary N) is 1. The van der Waals surface area contributed by atoms with Crippen molar-refractivity contribution in [2.45, 2.75) is 39.3 Å². The highest BCUT2D eigenvalue weighted by Crippen LogP contribution is 2.20. The van der Waals surface area contributed by atoms with Gasteiger partial charge in [0.25, 0.3) is 0 Å². The van der Waals surface area contributed by atoms with Crippen LogP contribution in [0.5, 0.6) is 0 Å². The van der Waals surface area contributed by atoms with Gasteiger partial charge in [-0.15, -0.1) is 0 Å². The smallest absolute Gasteiger partial charge is 0.0409 e. The van der Waals surface area contributed by atoms with E-state index in [0.717, 1.165) is 24.4 Å². The van der Waals surface area contributed by atoms with Crippen molar-refractivity contribution >= 4 is 11.6 Å². The number of rotatable bonds is 6. The molecule has 0 bridgehead atoms. The Bertz CT molecular complexity index is 533. The van der Waals surface area contributed by atoms with Gasteiger partial charge in [0.2, 0.25) is 0 Å². The molecule has 0 aromatic heterocycles. The van der Waals surface area contributed by atoms with E-state index in [4.69, 9.17) is 11.6 Å². The second-order valence-corrected chi connectivity index (χ2v) is 5.50. The summed E-state index contributed by atoms with van der Waals surface area (Å²) in [6.45, 7) is 5.26. The van der Waals surface area contributed by atoms with E-state index >= 15 is 0 Å². The molecule has 2 rings (SSSR count). The summed E-state index contributed by atoms with van der Waals surface area (Å²) in [6.07, 6.45) is 2.14. The van der Waals surface area contributed by atoms with E-state index in [0.29, 0.717) is 6.04 Å². The third-order valence-electron chi connectivity index (χ3n) is 3.64. The Kier molecular flexibility index (Phi) is 5.63. The molecule has 0 amide bonds. The van der Waals surface area contributed by atoms with Crippen LogP contribution in [-0.2, 0) is 13.0 Å². The molecular formula is C18H22ClN. The maximum Gasteiger partial charge on any atom is 0.0409 e. The van der Waals surface area contributed by atoms with Gasteiger partial charge in [0.05, 0.1) is 0 Å². The SMILES string of the molecule is CCc1ccc(CNC(CC)c2cccc(Cl)c2)cc1. The Morgan fingerprint density at radius 3 is 2.30 bits per heavy atom. The van der Waals surface area contributed by atoms with Crippen molar-refractivity contribution in [3.8, 4) is 0 Å². The molecule has 2 aromatic rings. The van der Waals surface area contributed by atoms with Crippen LogP contribution in [0.3, 0.4) is 0 Å². The highest BCUT2D eigenvalue weighted by atomic mass is 35.5. The molecule has 0 aliphatic heterocycles. The molecule has 1 N–H and O–H groups in total. The predicted molar refractivity (Wildman–Crippen MR) is 87.1 cm³/mol. The van der Waals surface area contributed by atoms with Crippen LogP contribution in [-0.4, -0.2) is 0 Å². The number of benzene rings is 2. The lowest BCUT2D eigenvalue weighted by atomic mass is 10.0. The van der Waals surface area contributed by atoms with Gasteiger partial charge in [-0.1, -0.05) is 61.8 Å². The van der Waals surface area contributed by atoms with Crippen LogP contribution in [0.25, 0.3) is 0 Å². The Morgan fingerprint density at radius 2 is 1.70 bits per heavy atom. The monoisotopic (exact) mass is 287 g/mol. The maximum absolute atomic E-state index is 6.07. The number of hydrogen-bond acceptors (Lipinski definition) is 1. The molecule has 2 heteroatoms. The van der Waals surface area contributed by atoms with E-state index in [1.54, 1.807) is 0 Å². The van der Waals surface area contributed by atoms with Crippen molar-refractivity contribution in [3.63, 3.8) is 0 Å². The van der Waals surface area contributed by atoms with Gasteiger partial charge in [0, 0.05) is 17.6 Å². The zero-order chi connectivity index (χ0) is 14.4. The normalized spacial score (nSPS) is 12.3. The van der Waals surface area contributed by atoms with Gasteiger partial charge in [-0.2, -0.15) is 0 Å². The number of halogens is 1. The minimum atomic E-state index is 0.347. The van der Waals surface area contributed by atoms with Crippen molar-refractivity contribution in [2.75, 3.05) is 0 Å². The van der Waals surface area contributed by atoms with E-state index in [1.807, 2.05) is 18.2 Å². The molecule has 2 aromatic carbocycles. The average Bonchev–Trinajstić information content (AvgIpc) is 2.48. The molecule has 1 atom stereocenters. The van der Waals surface area contributed by atoms with Crippen molar-refractivity contribution in [1.29, 1.82) is 0 Å². The van der Waals surface area contributed by atoms with Gasteiger partial charge >= 0.3 is 0 Å². The van der Waals surface area contributed by atoms with Crippen LogP contribution in [0, 0.1) is 0 Å². The molecule has 0 radical (unpaired) electrons. The molecule has 0 saturated carbocycles. The minimum Gasteiger partial charge on any atom is -0.306 e. The zero-order valence-electron chi connectivity index (χ0n) is 12.2. The van der Waals surface area contributed by atoms with E-state index < -0.39 is 0 Å². The van der Waals surface area contributed by atoms with Crippen molar-refractivity contribution in [3.05, 3.63) is 70.2 Å². The van der Waals surface area contributed by atoms with Gasteiger partial charge in [-0.05, 0) is 41.7 Å². The Hall–Kier alpha value is -1.31. The predicted octanol–water partition coefficient (Wildman–Crippen LogP) is 5.14. The summed E-state index contributed by atoms with van der Waals surface area (Å²) in [5.74, 6) is 0. The summed E-state index contributed by atoms with van der Waals surface area (Å²) in [7, 11) is 0. The summed E-state index contributed by atoms with van der Waals surface area (Å²) in [6, 6.07) is 17.3. The summed E-state index contributed by atoms with van der Waals surface area (Å²) in [5, 5.41) is 4.41. The van der Waals surface area contributed by atoms with E-state index in [2.05, 4.69) is 49.5 Å². The number of hydrogen-bond donors (Lipinski definition) is 1. The average molecular weight is 288 g/mol. The van der Waals surface area contributed by atoms with Crippen LogP contribution >= 0.6 is 11.6 Å². The second kappa shape index (κ2) is 7.47. The second-order valence-electron chi connectivity index (χ2n) is 5.07. The van der Waals surface area contributed by atoms with E-state index in [1.165, 1.54) is 16.7 Å². The standard InChI is InChI=1S/C18H22ClN/c1-3-14-8-10-15(11-9-14)13-20-18(4-2)16-6-5-7-17(19)12-16/h5-12,18,20H,3-4,13H2,1-2H3. The van der Waals surface area contributed by atoms with E-state index in [-0.39, 0.29) is 0 Å². The first-order chi connectivity index (χ1) is 9.72. The fraction of sp³-hybridized carbons (Fsp3) is 0.333. The van der Waals surface area contributed by atoms with Crippen LogP contribution < -0.4 is 5.32 Å². The summed E-state index contributed by atoms with van der Waals surface area (Å²) in [4.78, 5) is 0. The summed E-state index contributed by atoms with van der Waals surface area (Å²) >= 11 is 6.07. The van der Waals surface area contributed by atoms with Crippen molar-refractivity contribution < 1.29 is 0 Å². The quantitative estimate of drug-likeness (QED) is 0.775. The van der Waals surface area contributed by atoms with Gasteiger partial charge in [0.1, 0.15) is 0 Å². The van der Waals surface area contributed by atoms with Gasteiger partial charge in [0.15, 0.2) is 0 Å². The lowest BCUT2D eigenvalue weighted by Crippen LogP contribution is -2.20. The molecule has 106 valence electrons. The maximum atomic E-state index is 6.07. The van der Waals surface area contributed by atoms with Crippen molar-refractivity contribution in [1.82, 2.24) is 5.32 Å². The molecule has 0 aliphatic rings. The molecular weight excluding hydrogens is 266 g/mol. The first kappa shape index (κ1) is 15.1. The molecule has 1 nitrogen and oxygen atoms in total. The molecule has 20 heavy (non-hydrogen) atoms. The molecule has 0 spiro atoms. The van der Waals surface area contributed by atoms with Crippen LogP contribution in [0.4, 0.5) is 0 Å². The summed E-state index contributed by atoms with van der Waals surface area (Å²) in [5.41, 5.74) is 3.96. The molecule has 0 aliphatic carbocycles. The molecule has 0 heterocycles. The lowest BCUT2D eigenvalue weighted by molar-refractivity contribution is 0.519. The van der Waals surface area contributed by atoms with Gasteiger partial charge < -0.3 is 5.32 Å². The Balaban J connectivity index is 1.99. The molecule has 0 saturated heterocycles. The molecule has 1 unspecified atom stereocenters. The first-order valence-electron chi connectivity index (χ1n) is 7.29. The molecule has 0 fully saturated rings. The Labute approximate surface area is 127 Å². The van der Waals surface area contributed by atoms with Crippen LogP contribution in [0.2, 0.25) is 5.02 Å². The largest absolute Gasteiger partial charge is 0.306 e. The summed E-state index contributed by atoms with van der Waals surface area (Å²) < 4.78 is 0. The van der Waals surface area contributed by atoms with Gasteiger partial charge in [-0.3, -0.25) is 0 Å². The minimum absolute atomic E-state index is 0.347. The highest BCUT2D eigenvalue weighted by molar-refractivity contribution is 6.30. The highest BCUT2D eigenvalue weighted by Gasteiger charge is 2.08. The van der Waals surface area contributed by atoms with Crippen molar-refractivity contribution in [2.24, 2.45) is 0 Å². The van der Waals surface area contributed by atoms with Gasteiger partial charge in [-0.25, -0.2) is 0 Å². The van der Waals surface area contributed by atoms with Crippen LogP contribution in [0.1, 0.15) is 43.0 Å². The number of aryl methyl sites for hydroxylation is 1. The third-order valence-corrected chi connectivity index (χ3v) is 3.88. The topological polar surface area (TPSA) is 12.0 Å². The first-order valence-corrected chi connectivity index (χ1v) is 7.67.